The van der Waals surface area contributed by atoms with Gasteiger partial charge in [0.25, 0.3) is 0 Å². The van der Waals surface area contributed by atoms with Crippen molar-refractivity contribution >= 4 is 38.8 Å². The second-order valence-electron chi connectivity index (χ2n) is 10.8. The number of amides is 1. The van der Waals surface area contributed by atoms with E-state index in [-0.39, 0.29) is 17.9 Å². The zero-order chi connectivity index (χ0) is 27.6. The standard InChI is InChI=1S/C30H27BrN6O3/c1-32-29(40)30-14-20(30)24(25(38)26(30)39)37-15-33-23-27(34-21-13-19(21)17-8-5-9-18(31)12-17)35-22(36-28(23)37)11-10-16-6-3-2-4-7-16/h2-9,12,15,19-21,24-26,38-39H,13-14H2,1H3,(H,32,40)(H,34,35,36)/t19?,20-,21?,24-,25+,26+,30+/m1/s1. The number of nitrogens with zero attached hydrogens (tertiary/aromatic N) is 4. The largest absolute Gasteiger partial charge is 0.389 e. The Morgan fingerprint density at radius 2 is 1.95 bits per heavy atom. The number of carbonyl (C=O) groups excluding carboxylic acids is 1. The fourth-order valence-electron chi connectivity index (χ4n) is 6.36. The highest BCUT2D eigenvalue weighted by atomic mass is 79.9. The van der Waals surface area contributed by atoms with Gasteiger partial charge in [-0.2, -0.15) is 0 Å². The van der Waals surface area contributed by atoms with Crippen LogP contribution in [0.4, 0.5) is 5.82 Å². The Hall–Kier alpha value is -3.78. The summed E-state index contributed by atoms with van der Waals surface area (Å²) in [7, 11) is 1.55. The lowest BCUT2D eigenvalue weighted by Gasteiger charge is -2.23. The maximum absolute atomic E-state index is 12.7. The van der Waals surface area contributed by atoms with Gasteiger partial charge in [0.2, 0.25) is 11.7 Å². The summed E-state index contributed by atoms with van der Waals surface area (Å²) in [5, 5.41) is 28.2. The first-order chi connectivity index (χ1) is 19.4. The zero-order valence-electron chi connectivity index (χ0n) is 21.6. The Labute approximate surface area is 239 Å². The van der Waals surface area contributed by atoms with Gasteiger partial charge in [-0.15, -0.1) is 0 Å². The van der Waals surface area contributed by atoms with E-state index in [1.165, 1.54) is 5.56 Å². The summed E-state index contributed by atoms with van der Waals surface area (Å²) in [6.45, 7) is 0. The molecule has 2 unspecified atom stereocenters. The molecule has 2 aromatic heterocycles. The van der Waals surface area contributed by atoms with E-state index < -0.39 is 23.7 Å². The Morgan fingerprint density at radius 1 is 1.12 bits per heavy atom. The number of fused-ring (bicyclic) bond motifs is 2. The fourth-order valence-corrected chi connectivity index (χ4v) is 6.78. The molecule has 0 spiro atoms. The maximum Gasteiger partial charge on any atom is 0.229 e. The molecule has 3 saturated carbocycles. The van der Waals surface area contributed by atoms with Gasteiger partial charge in [-0.25, -0.2) is 15.0 Å². The van der Waals surface area contributed by atoms with E-state index in [0.29, 0.717) is 35.1 Å². The smallest absolute Gasteiger partial charge is 0.229 e. The maximum atomic E-state index is 12.7. The van der Waals surface area contributed by atoms with Crippen molar-refractivity contribution in [2.45, 2.75) is 43.1 Å². The van der Waals surface area contributed by atoms with E-state index in [1.807, 2.05) is 42.5 Å². The highest BCUT2D eigenvalue weighted by molar-refractivity contribution is 9.10. The molecule has 1 amide bonds. The average molecular weight is 599 g/mol. The van der Waals surface area contributed by atoms with Crippen molar-refractivity contribution in [2.24, 2.45) is 11.3 Å². The van der Waals surface area contributed by atoms with Gasteiger partial charge >= 0.3 is 0 Å². The SMILES string of the molecule is CNC(=O)[C@@]12C[C@@H]1[C@@H](n1cnc3c(NC4CC4c4cccc(Br)c4)nc(C#Cc4ccccc4)nc31)[C@H](O)[C@@H]2O. The summed E-state index contributed by atoms with van der Waals surface area (Å²) >= 11 is 3.56. The number of aliphatic hydroxyl groups is 2. The van der Waals surface area contributed by atoms with Crippen molar-refractivity contribution in [1.82, 2.24) is 24.8 Å². The Balaban J connectivity index is 1.27. The topological polar surface area (TPSA) is 125 Å². The van der Waals surface area contributed by atoms with Crippen molar-refractivity contribution in [3.63, 3.8) is 0 Å². The first-order valence-electron chi connectivity index (χ1n) is 13.3. The first-order valence-corrected chi connectivity index (χ1v) is 14.1. The highest BCUT2D eigenvalue weighted by Crippen LogP contribution is 2.67. The second kappa shape index (κ2) is 9.41. The second-order valence-corrected chi connectivity index (χ2v) is 11.8. The Bertz CT molecular complexity index is 1700. The van der Waals surface area contributed by atoms with Gasteiger partial charge in [-0.1, -0.05) is 52.2 Å². The van der Waals surface area contributed by atoms with E-state index in [4.69, 9.17) is 9.97 Å². The molecule has 0 bridgehead atoms. The van der Waals surface area contributed by atoms with Gasteiger partial charge in [0.1, 0.15) is 6.10 Å². The highest BCUT2D eigenvalue weighted by Gasteiger charge is 2.75. The third kappa shape index (κ3) is 4.00. The van der Waals surface area contributed by atoms with Crippen LogP contribution in [-0.4, -0.2) is 60.9 Å². The van der Waals surface area contributed by atoms with E-state index in [9.17, 15) is 15.0 Å². The van der Waals surface area contributed by atoms with Crippen LogP contribution in [0.5, 0.6) is 0 Å². The van der Waals surface area contributed by atoms with E-state index in [2.05, 4.69) is 55.5 Å². The lowest BCUT2D eigenvalue weighted by molar-refractivity contribution is -0.132. The molecule has 3 aliphatic rings. The predicted octanol–water partition coefficient (Wildman–Crippen LogP) is 2.99. The molecule has 7 atom stereocenters. The van der Waals surface area contributed by atoms with Crippen LogP contribution >= 0.6 is 15.9 Å². The Kier molecular flexibility index (Phi) is 5.93. The molecule has 2 aromatic carbocycles. The van der Waals surface area contributed by atoms with Crippen molar-refractivity contribution in [2.75, 3.05) is 12.4 Å². The summed E-state index contributed by atoms with van der Waals surface area (Å²) < 4.78 is 2.83. The van der Waals surface area contributed by atoms with Crippen molar-refractivity contribution in [1.29, 1.82) is 0 Å². The van der Waals surface area contributed by atoms with E-state index in [1.54, 1.807) is 17.9 Å². The minimum Gasteiger partial charge on any atom is -0.389 e. The van der Waals surface area contributed by atoms with Crippen LogP contribution in [0.3, 0.4) is 0 Å². The summed E-state index contributed by atoms with van der Waals surface area (Å²) in [5.74, 6) is 6.96. The van der Waals surface area contributed by atoms with Crippen LogP contribution in [0.25, 0.3) is 11.2 Å². The monoisotopic (exact) mass is 598 g/mol. The van der Waals surface area contributed by atoms with Crippen LogP contribution in [0.2, 0.25) is 0 Å². The van der Waals surface area contributed by atoms with Gasteiger partial charge in [0.05, 0.1) is 23.9 Å². The number of carbonyl (C=O) groups is 1. The molecule has 4 N–H and O–H groups in total. The first kappa shape index (κ1) is 25.2. The molecule has 7 rings (SSSR count). The molecule has 40 heavy (non-hydrogen) atoms. The minimum absolute atomic E-state index is 0.177. The van der Waals surface area contributed by atoms with Crippen molar-refractivity contribution in [3.8, 4) is 11.8 Å². The third-order valence-electron chi connectivity index (χ3n) is 8.55. The van der Waals surface area contributed by atoms with Crippen molar-refractivity contribution in [3.05, 3.63) is 82.3 Å². The molecule has 2 heterocycles. The molecule has 0 radical (unpaired) electrons. The predicted molar refractivity (Wildman–Crippen MR) is 152 cm³/mol. The molecule has 3 aliphatic carbocycles. The van der Waals surface area contributed by atoms with Crippen LogP contribution in [-0.2, 0) is 4.79 Å². The van der Waals surface area contributed by atoms with Gasteiger partial charge < -0.3 is 25.4 Å². The zero-order valence-corrected chi connectivity index (χ0v) is 23.2. The average Bonchev–Trinajstić information content (AvgIpc) is 3.85. The summed E-state index contributed by atoms with van der Waals surface area (Å²) in [6, 6.07) is 17.6. The van der Waals surface area contributed by atoms with E-state index in [0.717, 1.165) is 16.5 Å². The molecular formula is C30H27BrN6O3. The summed E-state index contributed by atoms with van der Waals surface area (Å²) in [4.78, 5) is 26.8. The summed E-state index contributed by atoms with van der Waals surface area (Å²) in [5.41, 5.74) is 2.16. The van der Waals surface area contributed by atoms with Crippen LogP contribution in [0, 0.1) is 23.2 Å². The van der Waals surface area contributed by atoms with Crippen molar-refractivity contribution < 1.29 is 15.0 Å². The number of anilines is 1. The van der Waals surface area contributed by atoms with E-state index >= 15 is 0 Å². The fraction of sp³-hybridized carbons (Fsp3) is 0.333. The lowest BCUT2D eigenvalue weighted by Crippen LogP contribution is -2.41. The number of hydrogen-bond acceptors (Lipinski definition) is 7. The number of benzene rings is 2. The quantitative estimate of drug-likeness (QED) is 0.260. The number of imidazole rings is 1. The number of aliphatic hydroxyl groups excluding tert-OH is 2. The molecule has 9 nitrogen and oxygen atoms in total. The van der Waals surface area contributed by atoms with Crippen LogP contribution < -0.4 is 10.6 Å². The normalized spacial score (nSPS) is 29.8. The van der Waals surface area contributed by atoms with Gasteiger partial charge in [-0.05, 0) is 48.6 Å². The molecule has 3 fully saturated rings. The lowest BCUT2D eigenvalue weighted by atomic mass is 9.98. The number of hydrogen-bond donors (Lipinski definition) is 4. The Morgan fingerprint density at radius 3 is 2.73 bits per heavy atom. The number of rotatable bonds is 5. The minimum atomic E-state index is -1.17. The van der Waals surface area contributed by atoms with Crippen LogP contribution in [0.15, 0.2) is 65.4 Å². The molecule has 202 valence electrons. The molecule has 10 heteroatoms. The number of aromatic nitrogens is 4. The third-order valence-corrected chi connectivity index (χ3v) is 9.04. The number of nitrogens with one attached hydrogen (secondary N) is 2. The molecule has 0 saturated heterocycles. The van der Waals surface area contributed by atoms with Gasteiger partial charge in [-0.3, -0.25) is 4.79 Å². The summed E-state index contributed by atoms with van der Waals surface area (Å²) in [6.07, 6.45) is 0.758. The van der Waals surface area contributed by atoms with Gasteiger partial charge in [0.15, 0.2) is 17.0 Å². The number of halogens is 1. The molecule has 0 aliphatic heterocycles. The van der Waals surface area contributed by atoms with Crippen LogP contribution in [0.1, 0.15) is 41.8 Å². The molecule has 4 aromatic rings. The molecular weight excluding hydrogens is 572 g/mol. The van der Waals surface area contributed by atoms with Gasteiger partial charge in [0, 0.05) is 35.0 Å².